The summed E-state index contributed by atoms with van der Waals surface area (Å²) < 4.78 is 2.78. The van der Waals surface area contributed by atoms with E-state index in [1.807, 2.05) is 36.4 Å². The number of amides is 1. The molecule has 0 fully saturated rings. The number of nitrogens with one attached hydrogen (secondary N) is 1. The smallest absolute Gasteiger partial charge is 0.276 e. The highest BCUT2D eigenvalue weighted by Gasteiger charge is 2.15. The van der Waals surface area contributed by atoms with Crippen LogP contribution in [0.2, 0.25) is 0 Å². The van der Waals surface area contributed by atoms with Crippen LogP contribution in [-0.4, -0.2) is 36.3 Å². The maximum absolute atomic E-state index is 12.4. The molecule has 0 spiro atoms. The van der Waals surface area contributed by atoms with Gasteiger partial charge < -0.3 is 4.57 Å². The summed E-state index contributed by atoms with van der Waals surface area (Å²) in [6.07, 6.45) is 6.06. The maximum Gasteiger partial charge on any atom is 0.276 e. The molecule has 138 valence electrons. The van der Waals surface area contributed by atoms with Gasteiger partial charge in [-0.15, -0.1) is 0 Å². The average molecular weight is 373 g/mol. The van der Waals surface area contributed by atoms with Gasteiger partial charge >= 0.3 is 0 Å². The van der Waals surface area contributed by atoms with Gasteiger partial charge in [0.2, 0.25) is 5.78 Å². The van der Waals surface area contributed by atoms with Gasteiger partial charge in [0.15, 0.2) is 0 Å². The summed E-state index contributed by atoms with van der Waals surface area (Å²) in [5.41, 5.74) is 4.27. The van der Waals surface area contributed by atoms with E-state index in [-0.39, 0.29) is 23.8 Å². The van der Waals surface area contributed by atoms with Gasteiger partial charge in [-0.3, -0.25) is 14.6 Å². The van der Waals surface area contributed by atoms with Crippen LogP contribution in [-0.2, 0) is 11.3 Å². The van der Waals surface area contributed by atoms with Crippen molar-refractivity contribution in [1.82, 2.24) is 29.6 Å². The fourth-order valence-corrected chi connectivity index (χ4v) is 2.75. The minimum absolute atomic E-state index is 0.0862. The first-order chi connectivity index (χ1) is 13.7. The Labute approximate surface area is 159 Å². The van der Waals surface area contributed by atoms with E-state index in [1.165, 1.54) is 18.6 Å². The van der Waals surface area contributed by atoms with Crippen LogP contribution in [0.3, 0.4) is 0 Å². The summed E-state index contributed by atoms with van der Waals surface area (Å²) in [6, 6.07) is 14.3. The summed E-state index contributed by atoms with van der Waals surface area (Å²) in [5, 5.41) is 7.87. The van der Waals surface area contributed by atoms with Crippen molar-refractivity contribution < 1.29 is 4.79 Å². The van der Waals surface area contributed by atoms with Crippen molar-refractivity contribution in [2.75, 3.05) is 0 Å². The third-order valence-corrected chi connectivity index (χ3v) is 3.99. The van der Waals surface area contributed by atoms with Gasteiger partial charge in [-0.05, 0) is 11.6 Å². The monoisotopic (exact) mass is 373 g/mol. The number of hydrazone groups is 1. The summed E-state index contributed by atoms with van der Waals surface area (Å²) in [5.74, 6) is -0.0939. The van der Waals surface area contributed by atoms with Crippen LogP contribution in [0.1, 0.15) is 5.56 Å². The van der Waals surface area contributed by atoms with Crippen LogP contribution >= 0.6 is 0 Å². The van der Waals surface area contributed by atoms with Crippen LogP contribution in [0.25, 0.3) is 17.0 Å². The predicted octanol–water partition coefficient (Wildman–Crippen LogP) is 1.10. The SMILES string of the molecule is O=C(Cn1c(-c2ccccc2)cc(=O)n2ncnc12)NN=Cc1cccnc1. The van der Waals surface area contributed by atoms with Crippen LogP contribution < -0.4 is 11.0 Å². The number of carbonyl (C=O) groups is 1. The summed E-state index contributed by atoms with van der Waals surface area (Å²) >= 11 is 0. The highest BCUT2D eigenvalue weighted by atomic mass is 16.2. The molecule has 1 N–H and O–H groups in total. The van der Waals surface area contributed by atoms with E-state index in [2.05, 4.69) is 25.6 Å². The topological polar surface area (TPSA) is 107 Å². The largest absolute Gasteiger partial charge is 0.300 e. The summed E-state index contributed by atoms with van der Waals surface area (Å²) in [4.78, 5) is 32.9. The van der Waals surface area contributed by atoms with Crippen molar-refractivity contribution >= 4 is 17.9 Å². The van der Waals surface area contributed by atoms with E-state index in [0.29, 0.717) is 5.69 Å². The van der Waals surface area contributed by atoms with Gasteiger partial charge in [-0.25, -0.2) is 5.43 Å². The molecule has 0 bridgehead atoms. The van der Waals surface area contributed by atoms with Gasteiger partial charge in [0.25, 0.3) is 11.5 Å². The fraction of sp³-hybridized carbons (Fsp3) is 0.0526. The Morgan fingerprint density at radius 2 is 2.04 bits per heavy atom. The van der Waals surface area contributed by atoms with E-state index in [0.717, 1.165) is 15.6 Å². The van der Waals surface area contributed by atoms with E-state index < -0.39 is 0 Å². The van der Waals surface area contributed by atoms with Gasteiger partial charge in [0.05, 0.1) is 11.9 Å². The minimum atomic E-state index is -0.370. The molecule has 0 aliphatic carbocycles. The number of benzene rings is 1. The van der Waals surface area contributed by atoms with Gasteiger partial charge in [-0.2, -0.15) is 19.7 Å². The first-order valence-corrected chi connectivity index (χ1v) is 8.43. The van der Waals surface area contributed by atoms with Crippen LogP contribution in [0.5, 0.6) is 0 Å². The number of hydrogen-bond acceptors (Lipinski definition) is 6. The first kappa shape index (κ1) is 17.3. The molecular weight excluding hydrogens is 358 g/mol. The van der Waals surface area contributed by atoms with E-state index in [1.54, 1.807) is 23.0 Å². The molecule has 4 aromatic rings. The molecule has 1 aromatic carbocycles. The number of rotatable bonds is 5. The molecule has 3 heterocycles. The summed E-state index contributed by atoms with van der Waals surface area (Å²) in [7, 11) is 0. The van der Waals surface area contributed by atoms with Crippen molar-refractivity contribution in [3.05, 3.63) is 83.2 Å². The molecule has 0 radical (unpaired) electrons. The molecule has 0 saturated carbocycles. The number of pyridine rings is 1. The molecule has 1 amide bonds. The Balaban J connectivity index is 1.65. The molecule has 3 aromatic heterocycles. The molecule has 0 atom stereocenters. The Morgan fingerprint density at radius 1 is 1.18 bits per heavy atom. The third kappa shape index (κ3) is 3.54. The Morgan fingerprint density at radius 3 is 2.82 bits per heavy atom. The molecule has 0 saturated heterocycles. The molecular formula is C19H15N7O2. The Kier molecular flexibility index (Phi) is 4.70. The standard InChI is InChI=1S/C19H15N7O2/c27-17(24-22-11-14-5-4-8-20-10-14)12-25-16(15-6-2-1-3-7-15)9-18(28)26-19(25)21-13-23-26/h1-11,13H,12H2,(H,24,27). The van der Waals surface area contributed by atoms with E-state index >= 15 is 0 Å². The van der Waals surface area contributed by atoms with Crippen molar-refractivity contribution in [2.24, 2.45) is 5.10 Å². The van der Waals surface area contributed by atoms with Crippen LogP contribution in [0, 0.1) is 0 Å². The van der Waals surface area contributed by atoms with Gasteiger partial charge in [-0.1, -0.05) is 36.4 Å². The molecule has 4 rings (SSSR count). The van der Waals surface area contributed by atoms with Gasteiger partial charge in [0, 0.05) is 24.0 Å². The molecule has 0 aliphatic rings. The fourth-order valence-electron chi connectivity index (χ4n) is 2.75. The van der Waals surface area contributed by atoms with Crippen molar-refractivity contribution in [3.63, 3.8) is 0 Å². The highest BCUT2D eigenvalue weighted by molar-refractivity contribution is 5.82. The van der Waals surface area contributed by atoms with Crippen molar-refractivity contribution in [3.8, 4) is 11.3 Å². The minimum Gasteiger partial charge on any atom is -0.300 e. The Hall–Kier alpha value is -4.14. The predicted molar refractivity (Wildman–Crippen MR) is 103 cm³/mol. The number of aromatic nitrogens is 5. The highest BCUT2D eigenvalue weighted by Crippen LogP contribution is 2.19. The lowest BCUT2D eigenvalue weighted by Gasteiger charge is -2.13. The lowest BCUT2D eigenvalue weighted by atomic mass is 10.1. The van der Waals surface area contributed by atoms with Crippen molar-refractivity contribution in [1.29, 1.82) is 0 Å². The second kappa shape index (κ2) is 7.62. The maximum atomic E-state index is 12.4. The van der Waals surface area contributed by atoms with E-state index in [4.69, 9.17) is 0 Å². The summed E-state index contributed by atoms with van der Waals surface area (Å²) in [6.45, 7) is -0.0862. The second-order valence-corrected chi connectivity index (χ2v) is 5.87. The Bertz CT molecular complexity index is 1200. The van der Waals surface area contributed by atoms with Crippen LogP contribution in [0.15, 0.2) is 77.1 Å². The van der Waals surface area contributed by atoms with Crippen molar-refractivity contribution in [2.45, 2.75) is 6.54 Å². The molecule has 0 unspecified atom stereocenters. The number of fused-ring (bicyclic) bond motifs is 1. The van der Waals surface area contributed by atoms with Gasteiger partial charge in [0.1, 0.15) is 12.9 Å². The molecule has 28 heavy (non-hydrogen) atoms. The number of nitrogens with zero attached hydrogens (tertiary/aromatic N) is 6. The van der Waals surface area contributed by atoms with Crippen LogP contribution in [0.4, 0.5) is 0 Å². The zero-order valence-electron chi connectivity index (χ0n) is 14.6. The quantitative estimate of drug-likeness (QED) is 0.416. The molecule has 0 aliphatic heterocycles. The average Bonchev–Trinajstić information content (AvgIpc) is 3.22. The lowest BCUT2D eigenvalue weighted by Crippen LogP contribution is -2.27. The zero-order chi connectivity index (χ0) is 19.3. The molecule has 9 heteroatoms. The first-order valence-electron chi connectivity index (χ1n) is 8.43. The molecule has 9 nitrogen and oxygen atoms in total. The number of hydrogen-bond donors (Lipinski definition) is 1. The zero-order valence-corrected chi connectivity index (χ0v) is 14.6. The normalized spacial score (nSPS) is 11.1. The number of carbonyl (C=O) groups excluding carboxylic acids is 1. The lowest BCUT2D eigenvalue weighted by molar-refractivity contribution is -0.121. The third-order valence-electron chi connectivity index (χ3n) is 3.99. The van der Waals surface area contributed by atoms with E-state index in [9.17, 15) is 9.59 Å². The second-order valence-electron chi connectivity index (χ2n) is 5.87.